The molecule has 41 nitrogen and oxygen atoms in total. The van der Waals surface area contributed by atoms with Crippen LogP contribution < -0.4 is 16.0 Å². The Morgan fingerprint density at radius 1 is 0.454 bits per heavy atom. The molecule has 18 atom stereocenters. The van der Waals surface area contributed by atoms with Crippen molar-refractivity contribution in [2.75, 3.05) is 174 Å². The lowest BCUT2D eigenvalue weighted by atomic mass is 9.92. The predicted molar refractivity (Wildman–Crippen MR) is 390 cm³/mol. The zero-order valence-electron chi connectivity index (χ0n) is 62.2. The van der Waals surface area contributed by atoms with E-state index < -0.39 is 163 Å². The van der Waals surface area contributed by atoms with E-state index in [0.717, 1.165) is 0 Å². The minimum Gasteiger partial charge on any atom is -0.394 e. The Morgan fingerprint density at radius 3 is 1.11 bits per heavy atom. The molecule has 0 aromatic carbocycles. The molecule has 0 aliphatic carbocycles. The van der Waals surface area contributed by atoms with Gasteiger partial charge in [0.2, 0.25) is 17.7 Å². The lowest BCUT2D eigenvalue weighted by Gasteiger charge is -2.42. The van der Waals surface area contributed by atoms with Gasteiger partial charge >= 0.3 is 27.2 Å². The van der Waals surface area contributed by atoms with Crippen LogP contribution in [0.5, 0.6) is 0 Å². The third-order valence-corrected chi connectivity index (χ3v) is 26.0. The topological polar surface area (TPSA) is 552 Å². The smallest absolute Gasteiger partial charge is 0.394 e. The molecule has 640 valence electrons. The number of rotatable bonds is 69. The summed E-state index contributed by atoms with van der Waals surface area (Å²) in [4.78, 5) is 45.4. The van der Waals surface area contributed by atoms with Crippen LogP contribution in [-0.4, -0.2) is 328 Å². The SMILES string of the molecule is COSP(=O)(O)OCCCCOCC(COCCCOP(=O)(OCCCCOC1OC(CO)C(O)C(O)C1NC(C)=O)SOC)(COCCCOP(=O)(OCCCCOC1OC(CO)C(O)C(O)C1NC(C)=O)SOC)COCCCOP(=O)(OCCCCOC(OC(CO)[C@@H](C)O)[C@H](CO)NC(C)=O)SOC. The van der Waals surface area contributed by atoms with Gasteiger partial charge in [0.25, 0.3) is 0 Å². The third kappa shape index (κ3) is 43.6. The fourth-order valence-corrected chi connectivity index (χ4v) is 18.1. The van der Waals surface area contributed by atoms with Crippen LogP contribution in [0.2, 0.25) is 0 Å². The summed E-state index contributed by atoms with van der Waals surface area (Å²) in [6, 6.07) is -3.31. The van der Waals surface area contributed by atoms with E-state index in [2.05, 4.69) is 20.1 Å². The normalized spacial score (nSPS) is 24.5. The van der Waals surface area contributed by atoms with Gasteiger partial charge in [-0.2, -0.15) is 0 Å². The number of amides is 3. The largest absolute Gasteiger partial charge is 0.415 e. The molecule has 2 aliphatic rings. The molecule has 49 heteroatoms. The van der Waals surface area contributed by atoms with E-state index >= 15 is 0 Å². The fourth-order valence-electron chi connectivity index (χ4n) is 9.69. The summed E-state index contributed by atoms with van der Waals surface area (Å²) >= 11 is 1.77. The molecule has 108 heavy (non-hydrogen) atoms. The minimum absolute atomic E-state index is 0.00609. The predicted octanol–water partition coefficient (Wildman–Crippen LogP) is 2.57. The highest BCUT2D eigenvalue weighted by Crippen LogP contribution is 2.62. The fraction of sp³-hybridized carbons (Fsp3) is 0.949. The molecule has 0 aromatic heterocycles. The molecule has 0 spiro atoms. The van der Waals surface area contributed by atoms with Crippen LogP contribution in [0.3, 0.4) is 0 Å². The van der Waals surface area contributed by atoms with Crippen LogP contribution in [0.25, 0.3) is 0 Å². The maximum Gasteiger partial charge on any atom is 0.415 e. The van der Waals surface area contributed by atoms with E-state index in [1.54, 1.807) is 0 Å². The van der Waals surface area contributed by atoms with Crippen molar-refractivity contribution >= 4 is 91.6 Å². The van der Waals surface area contributed by atoms with Crippen molar-refractivity contribution in [1.29, 1.82) is 0 Å². The average Bonchev–Trinajstić information content (AvgIpc) is 0.810. The Morgan fingerprint density at radius 2 is 0.787 bits per heavy atom. The molecule has 0 aromatic rings. The summed E-state index contributed by atoms with van der Waals surface area (Å²) < 4.78 is 172. The van der Waals surface area contributed by atoms with E-state index in [4.69, 9.17) is 91.6 Å². The molecule has 0 bridgehead atoms. The van der Waals surface area contributed by atoms with E-state index in [9.17, 15) is 83.5 Å². The third-order valence-electron chi connectivity index (χ3n) is 14.9. The van der Waals surface area contributed by atoms with Crippen LogP contribution >= 0.6 is 73.8 Å². The van der Waals surface area contributed by atoms with Gasteiger partial charge in [-0.15, -0.1) is 0 Å². The number of hydrogen-bond acceptors (Lipinski definition) is 41. The van der Waals surface area contributed by atoms with Crippen molar-refractivity contribution in [3.8, 4) is 0 Å². The van der Waals surface area contributed by atoms with Crippen molar-refractivity contribution in [2.24, 2.45) is 5.41 Å². The van der Waals surface area contributed by atoms with Gasteiger partial charge in [-0.05, 0) is 77.6 Å². The molecule has 3 amide bonds. The first-order chi connectivity index (χ1) is 51.5. The van der Waals surface area contributed by atoms with Crippen LogP contribution in [0.15, 0.2) is 0 Å². The second kappa shape index (κ2) is 59.2. The van der Waals surface area contributed by atoms with Gasteiger partial charge in [0.05, 0.1) is 139 Å². The molecule has 2 heterocycles. The highest BCUT2D eigenvalue weighted by atomic mass is 32.8. The summed E-state index contributed by atoms with van der Waals surface area (Å²) in [5.41, 5.74) is -1.11. The van der Waals surface area contributed by atoms with E-state index in [-0.39, 0.29) is 157 Å². The number of nitrogens with one attached hydrogen (secondary N) is 3. The minimum atomic E-state index is -4.06. The number of carbonyl (C=O) groups is 3. The maximum atomic E-state index is 13.8. The zero-order valence-corrected chi connectivity index (χ0v) is 69.1. The highest BCUT2D eigenvalue weighted by Gasteiger charge is 2.47. The number of unbranched alkanes of at least 4 members (excludes halogenated alkanes) is 4. The molecule has 2 rings (SSSR count). The number of aliphatic hydroxyl groups excluding tert-OH is 9. The van der Waals surface area contributed by atoms with Gasteiger partial charge in [-0.1, -0.05) is 0 Å². The second-order valence-electron chi connectivity index (χ2n) is 24.1. The molecule has 16 unspecified atom stereocenters. The molecule has 0 radical (unpaired) electrons. The summed E-state index contributed by atoms with van der Waals surface area (Å²) in [7, 11) is 5.07. The number of hydrogen-bond donors (Lipinski definition) is 13. The highest BCUT2D eigenvalue weighted by molar-refractivity contribution is 8.53. The maximum absolute atomic E-state index is 13.8. The number of ether oxygens (including phenoxy) is 10. The van der Waals surface area contributed by atoms with Gasteiger partial charge in [0.15, 0.2) is 18.9 Å². The van der Waals surface area contributed by atoms with Gasteiger partial charge in [-0.25, -0.2) is 18.3 Å². The molecule has 2 aliphatic heterocycles. The lowest BCUT2D eigenvalue weighted by molar-refractivity contribution is -0.270. The Labute approximate surface area is 647 Å². The monoisotopic (exact) mass is 1730 g/mol. The van der Waals surface area contributed by atoms with E-state index in [1.165, 1.54) is 56.1 Å². The quantitative estimate of drug-likeness (QED) is 0.0180. The summed E-state index contributed by atoms with van der Waals surface area (Å²) in [5, 5.41) is 98.3. The van der Waals surface area contributed by atoms with Gasteiger partial charge in [-0.3, -0.25) is 46.0 Å². The number of aliphatic hydroxyl groups is 9. The van der Waals surface area contributed by atoms with Crippen LogP contribution in [0, 0.1) is 5.41 Å². The van der Waals surface area contributed by atoms with Crippen molar-refractivity contribution in [1.82, 2.24) is 16.0 Å². The molecule has 0 saturated carbocycles. The first kappa shape index (κ1) is 104. The van der Waals surface area contributed by atoms with Gasteiger partial charge < -0.3 is 131 Å². The molecular formula is C59H117N3O38P4S4. The Hall–Kier alpha value is -0.510. The van der Waals surface area contributed by atoms with Crippen LogP contribution in [0.4, 0.5) is 0 Å². The van der Waals surface area contributed by atoms with E-state index in [1.807, 2.05) is 0 Å². The van der Waals surface area contributed by atoms with Gasteiger partial charge in [0.1, 0.15) is 108 Å². The van der Waals surface area contributed by atoms with Crippen molar-refractivity contribution in [3.63, 3.8) is 0 Å². The average molecular weight is 1730 g/mol. The first-order valence-corrected chi connectivity index (χ1v) is 46.4. The molecule has 2 saturated heterocycles. The number of carbonyl (C=O) groups excluding carboxylic acids is 3. The molecular weight excluding hydrogens is 1610 g/mol. The standard InChI is InChI=1S/C59H117N3O38P4S4/c1-42(67)47(35-64)98-56(46(34-63)60-43(2)68)88-24-10-14-28-92-102(77,106-81-6)95-31-17-21-85-39-59(38-84-20-9-13-27-91-101(75,76)105-80-5,40-86-22-18-32-96-103(78,107-82-7)93-29-15-11-25-89-57-50(61-44(3)69)54(73)52(71)48(36-65)99-57)41-87-23-19-33-97-104(79,108-83-8)94-30-16-12-26-90-58-51(62-45(4)70)55(74)53(72)49(37-66)100-58/h42,46-58,63-67,71-74H,9-41H2,1-8H3,(H,60,68)(H,61,69)(H,62,70)(H,75,76)/t42-,46+,47?,48?,49?,50?,51?,52?,53?,54?,55?,56?,57?,58?,59?,102?,103?,104?/m1/s1. The summed E-state index contributed by atoms with van der Waals surface area (Å²) in [6.45, 7) is -14.1. The Bertz CT molecular complexity index is 2490. The van der Waals surface area contributed by atoms with E-state index in [0.29, 0.717) is 78.8 Å². The van der Waals surface area contributed by atoms with Crippen molar-refractivity contribution in [3.05, 3.63) is 0 Å². The van der Waals surface area contributed by atoms with Gasteiger partial charge in [0, 0.05) is 67.0 Å². The second-order valence-corrected chi connectivity index (χ2v) is 38.7. The molecule has 2 fully saturated rings. The molecule has 13 N–H and O–H groups in total. The summed E-state index contributed by atoms with van der Waals surface area (Å²) in [6.07, 6.45) is -11.3. The summed E-state index contributed by atoms with van der Waals surface area (Å²) in [5.74, 6) is -1.52. The first-order valence-electron chi connectivity index (χ1n) is 34.8. The van der Waals surface area contributed by atoms with Crippen molar-refractivity contribution < 1.29 is 179 Å². The van der Waals surface area contributed by atoms with Crippen LogP contribution in [-0.2, 0) is 128 Å². The zero-order chi connectivity index (χ0) is 80.4. The Kier molecular flexibility index (Phi) is 56.8. The Balaban J connectivity index is 2.23. The lowest BCUT2D eigenvalue weighted by Crippen LogP contribution is -2.64. The van der Waals surface area contributed by atoms with Crippen molar-refractivity contribution in [2.45, 2.75) is 184 Å². The van der Waals surface area contributed by atoms with Crippen LogP contribution in [0.1, 0.15) is 98.3 Å².